The van der Waals surface area contributed by atoms with Crippen molar-refractivity contribution in [1.29, 1.82) is 0 Å². The molecular formula is C32H29F5N2O2S. The normalized spacial score (nSPS) is 16.8. The summed E-state index contributed by atoms with van der Waals surface area (Å²) in [5, 5.41) is 0.377. The number of nitrogens with zero attached hydrogens (tertiary/aromatic N) is 1. The summed E-state index contributed by atoms with van der Waals surface area (Å²) in [6.45, 7) is 5.34. The molecule has 0 saturated carbocycles. The smallest absolute Gasteiger partial charge is 0.416 e. The van der Waals surface area contributed by atoms with E-state index in [1.807, 2.05) is 44.2 Å². The molecule has 4 aromatic rings. The third-order valence-corrected chi connectivity index (χ3v) is 9.25. The molecule has 10 heteroatoms. The molecule has 0 amide bonds. The van der Waals surface area contributed by atoms with Crippen LogP contribution in [-0.2, 0) is 12.6 Å². The Bertz CT molecular complexity index is 1720. The number of thioether (sulfide) groups is 1. The number of rotatable bonds is 6. The maximum Gasteiger partial charge on any atom is 0.416 e. The molecule has 0 aliphatic carbocycles. The third-order valence-electron chi connectivity index (χ3n) is 7.84. The van der Waals surface area contributed by atoms with Gasteiger partial charge in [0, 0.05) is 22.3 Å². The fraction of sp³-hybridized carbons (Fsp3) is 0.281. The van der Waals surface area contributed by atoms with Crippen LogP contribution in [-0.4, -0.2) is 16.4 Å². The highest BCUT2D eigenvalue weighted by Crippen LogP contribution is 2.54. The van der Waals surface area contributed by atoms with E-state index in [2.05, 4.69) is 0 Å². The minimum absolute atomic E-state index is 0.0430. The molecule has 0 spiro atoms. The standard InChI is InChI=1S/C32H29F5N2O2S/c1-17-20(16-21-22(32(35,36)37)13-9-14-23(21)33)30-39(29(40)25(17)19-12-8-15-24(41-4)26(19)34)28(31(2,3)42-30)27(38)18-10-6-5-7-11-18/h5-15,27-28H,16,38H2,1-4H3/t27?,28-/m1/s1. The minimum atomic E-state index is -4.81. The molecule has 1 aliphatic heterocycles. The largest absolute Gasteiger partial charge is 0.494 e. The van der Waals surface area contributed by atoms with Gasteiger partial charge in [-0.15, -0.1) is 0 Å². The Kier molecular flexibility index (Phi) is 7.74. The maximum absolute atomic E-state index is 15.7. The Balaban J connectivity index is 1.85. The second kappa shape index (κ2) is 10.9. The fourth-order valence-corrected chi connectivity index (χ4v) is 7.35. The summed E-state index contributed by atoms with van der Waals surface area (Å²) in [6, 6.07) is 15.0. The number of alkyl halides is 3. The number of hydrogen-bond acceptors (Lipinski definition) is 4. The maximum atomic E-state index is 15.7. The van der Waals surface area contributed by atoms with E-state index in [1.54, 1.807) is 6.92 Å². The summed E-state index contributed by atoms with van der Waals surface area (Å²) in [5.74, 6) is -1.91. The Morgan fingerprint density at radius 3 is 2.31 bits per heavy atom. The zero-order valence-corrected chi connectivity index (χ0v) is 24.2. The molecule has 2 atom stereocenters. The number of hydrogen-bond donors (Lipinski definition) is 1. The van der Waals surface area contributed by atoms with Crippen LogP contribution in [0.3, 0.4) is 0 Å². The molecule has 0 bridgehead atoms. The van der Waals surface area contributed by atoms with Gasteiger partial charge >= 0.3 is 6.18 Å². The van der Waals surface area contributed by atoms with Gasteiger partial charge in [-0.1, -0.05) is 60.3 Å². The molecule has 4 nitrogen and oxygen atoms in total. The Hall–Kier alpha value is -3.63. The summed E-state index contributed by atoms with van der Waals surface area (Å²) in [4.78, 5) is 14.4. The molecule has 1 unspecified atom stereocenters. The van der Waals surface area contributed by atoms with Crippen molar-refractivity contribution < 1.29 is 26.7 Å². The van der Waals surface area contributed by atoms with Gasteiger partial charge in [0.25, 0.3) is 5.56 Å². The van der Waals surface area contributed by atoms with E-state index in [9.17, 15) is 18.0 Å². The number of benzene rings is 3. The third kappa shape index (κ3) is 5.00. The van der Waals surface area contributed by atoms with Crippen LogP contribution in [0.4, 0.5) is 22.0 Å². The Morgan fingerprint density at radius 1 is 1.00 bits per heavy atom. The van der Waals surface area contributed by atoms with E-state index in [4.69, 9.17) is 10.5 Å². The van der Waals surface area contributed by atoms with Crippen molar-refractivity contribution in [3.05, 3.63) is 117 Å². The number of fused-ring (bicyclic) bond motifs is 1. The summed E-state index contributed by atoms with van der Waals surface area (Å²) >= 11 is 1.29. The van der Waals surface area contributed by atoms with Crippen LogP contribution in [0.5, 0.6) is 5.75 Å². The average molecular weight is 601 g/mol. The molecule has 3 aromatic carbocycles. The van der Waals surface area contributed by atoms with E-state index in [1.165, 1.54) is 41.6 Å². The minimum Gasteiger partial charge on any atom is -0.494 e. The predicted molar refractivity (Wildman–Crippen MR) is 154 cm³/mol. The summed E-state index contributed by atoms with van der Waals surface area (Å²) in [6.07, 6.45) is -5.29. The molecule has 2 heterocycles. The number of pyridine rings is 1. The van der Waals surface area contributed by atoms with Crippen LogP contribution in [0.15, 0.2) is 76.6 Å². The van der Waals surface area contributed by atoms with Gasteiger partial charge < -0.3 is 10.5 Å². The highest BCUT2D eigenvalue weighted by Gasteiger charge is 2.47. The number of ether oxygens (including phenoxy) is 1. The second-order valence-electron chi connectivity index (χ2n) is 10.8. The lowest BCUT2D eigenvalue weighted by molar-refractivity contribution is -0.138. The lowest BCUT2D eigenvalue weighted by atomic mass is 9.88. The van der Waals surface area contributed by atoms with Crippen LogP contribution < -0.4 is 16.0 Å². The lowest BCUT2D eigenvalue weighted by Crippen LogP contribution is -2.39. The van der Waals surface area contributed by atoms with E-state index in [-0.39, 0.29) is 22.4 Å². The summed E-state index contributed by atoms with van der Waals surface area (Å²) in [5.41, 5.74) is 5.77. The van der Waals surface area contributed by atoms with Crippen molar-refractivity contribution in [2.24, 2.45) is 5.73 Å². The zero-order valence-electron chi connectivity index (χ0n) is 23.4. The van der Waals surface area contributed by atoms with Gasteiger partial charge in [0.05, 0.1) is 35.3 Å². The SMILES string of the molecule is COc1cccc(-c2c(C)c(Cc3c(F)cccc3C(F)(F)F)c3n(c2=O)[C@H](C(N)c2ccccc2)C(C)(C)S3)c1F. The van der Waals surface area contributed by atoms with Crippen molar-refractivity contribution in [3.63, 3.8) is 0 Å². The monoisotopic (exact) mass is 600 g/mol. The number of aromatic nitrogens is 1. The van der Waals surface area contributed by atoms with Crippen molar-refractivity contribution in [1.82, 2.24) is 4.57 Å². The molecule has 5 rings (SSSR count). The zero-order chi connectivity index (χ0) is 30.6. The summed E-state index contributed by atoms with van der Waals surface area (Å²) < 4.78 is 78.8. The number of nitrogens with two attached hydrogens (primary N) is 1. The van der Waals surface area contributed by atoms with E-state index in [0.717, 1.165) is 23.8 Å². The molecule has 0 radical (unpaired) electrons. The highest BCUT2D eigenvalue weighted by atomic mass is 32.2. The summed E-state index contributed by atoms with van der Waals surface area (Å²) in [7, 11) is 1.29. The van der Waals surface area contributed by atoms with Crippen molar-refractivity contribution in [3.8, 4) is 16.9 Å². The van der Waals surface area contributed by atoms with Gasteiger partial charge in [0.2, 0.25) is 0 Å². The lowest BCUT2D eigenvalue weighted by Gasteiger charge is -2.32. The predicted octanol–water partition coefficient (Wildman–Crippen LogP) is 7.85. The number of methoxy groups -OCH3 is 1. The van der Waals surface area contributed by atoms with Gasteiger partial charge in [0.15, 0.2) is 11.6 Å². The molecule has 220 valence electrons. The van der Waals surface area contributed by atoms with Gasteiger partial charge in [0.1, 0.15) is 5.82 Å². The quantitative estimate of drug-likeness (QED) is 0.229. The highest BCUT2D eigenvalue weighted by molar-refractivity contribution is 8.00. The fourth-order valence-electron chi connectivity index (χ4n) is 5.83. The van der Waals surface area contributed by atoms with Crippen LogP contribution in [0.25, 0.3) is 11.1 Å². The van der Waals surface area contributed by atoms with Crippen LogP contribution in [0.1, 0.15) is 53.7 Å². The molecular weight excluding hydrogens is 571 g/mol. The first kappa shape index (κ1) is 29.8. The average Bonchev–Trinajstić information content (AvgIpc) is 3.23. The van der Waals surface area contributed by atoms with Crippen molar-refractivity contribution in [2.75, 3.05) is 7.11 Å². The van der Waals surface area contributed by atoms with E-state index < -0.39 is 57.7 Å². The Morgan fingerprint density at radius 2 is 1.67 bits per heavy atom. The molecule has 42 heavy (non-hydrogen) atoms. The second-order valence-corrected chi connectivity index (χ2v) is 12.5. The molecule has 0 fully saturated rings. The Labute approximate surface area is 244 Å². The van der Waals surface area contributed by atoms with Crippen LogP contribution >= 0.6 is 11.8 Å². The molecule has 0 saturated heterocycles. The first-order valence-electron chi connectivity index (χ1n) is 13.2. The van der Waals surface area contributed by atoms with Gasteiger partial charge in [-0.25, -0.2) is 8.78 Å². The van der Waals surface area contributed by atoms with Crippen molar-refractivity contribution >= 4 is 11.8 Å². The first-order valence-corrected chi connectivity index (χ1v) is 14.0. The topological polar surface area (TPSA) is 57.2 Å². The van der Waals surface area contributed by atoms with Gasteiger partial charge in [-0.3, -0.25) is 9.36 Å². The molecule has 2 N–H and O–H groups in total. The number of halogens is 5. The van der Waals surface area contributed by atoms with E-state index in [0.29, 0.717) is 10.6 Å². The van der Waals surface area contributed by atoms with Crippen LogP contribution in [0, 0.1) is 18.6 Å². The van der Waals surface area contributed by atoms with Crippen molar-refractivity contribution in [2.45, 2.75) is 55.2 Å². The van der Waals surface area contributed by atoms with Gasteiger partial charge in [-0.2, -0.15) is 13.2 Å². The molecule has 1 aromatic heterocycles. The first-order chi connectivity index (χ1) is 19.8. The molecule has 1 aliphatic rings. The van der Waals surface area contributed by atoms with Gasteiger partial charge in [-0.05, 0) is 55.7 Å². The van der Waals surface area contributed by atoms with E-state index >= 15 is 8.78 Å². The van der Waals surface area contributed by atoms with Crippen LogP contribution in [0.2, 0.25) is 0 Å².